The molecule has 1 N–H and O–H groups in total. The lowest BCUT2D eigenvalue weighted by atomic mass is 10.1. The maximum Gasteiger partial charge on any atom is 0.239 e. The van der Waals surface area contributed by atoms with Crippen molar-refractivity contribution in [3.63, 3.8) is 0 Å². The molecule has 0 fully saturated rings. The first-order chi connectivity index (χ1) is 11.3. The Morgan fingerprint density at radius 3 is 2.83 bits per heavy atom. The molecule has 3 rings (SSSR count). The van der Waals surface area contributed by atoms with Crippen LogP contribution in [0.25, 0.3) is 0 Å². The van der Waals surface area contributed by atoms with E-state index in [1.54, 1.807) is 4.68 Å². The zero-order valence-electron chi connectivity index (χ0n) is 14.7. The van der Waals surface area contributed by atoms with Gasteiger partial charge < -0.3 is 10.1 Å². The quantitative estimate of drug-likeness (QED) is 0.939. The molecule has 6 nitrogen and oxygen atoms in total. The van der Waals surface area contributed by atoms with Gasteiger partial charge in [0.15, 0.2) is 0 Å². The van der Waals surface area contributed by atoms with E-state index in [0.717, 1.165) is 17.0 Å². The summed E-state index contributed by atoms with van der Waals surface area (Å²) < 4.78 is 7.79. The summed E-state index contributed by atoms with van der Waals surface area (Å²) in [5, 5.41) is 7.18. The van der Waals surface area contributed by atoms with Crippen LogP contribution in [0.1, 0.15) is 25.1 Å². The number of ether oxygens (including phenoxy) is 1. The fraction of sp³-hybridized carbons (Fsp3) is 0.444. The second-order valence-corrected chi connectivity index (χ2v) is 6.96. The lowest BCUT2D eigenvalue weighted by molar-refractivity contribution is -0.117. The van der Waals surface area contributed by atoms with Gasteiger partial charge in [0, 0.05) is 31.8 Å². The van der Waals surface area contributed by atoms with Crippen LogP contribution in [0.5, 0.6) is 5.75 Å². The van der Waals surface area contributed by atoms with E-state index in [-0.39, 0.29) is 11.5 Å². The molecule has 24 heavy (non-hydrogen) atoms. The Balaban J connectivity index is 1.72. The number of hydrogen-bond acceptors (Lipinski definition) is 4. The predicted molar refractivity (Wildman–Crippen MR) is 93.0 cm³/mol. The summed E-state index contributed by atoms with van der Waals surface area (Å²) in [6.45, 7) is 7.68. The average molecular weight is 328 g/mol. The molecular formula is C18H24N4O2. The Bertz CT molecular complexity index is 751. The van der Waals surface area contributed by atoms with Crippen molar-refractivity contribution in [3.8, 4) is 5.75 Å². The minimum absolute atomic E-state index is 0.0480. The number of rotatable bonds is 3. The highest BCUT2D eigenvalue weighted by molar-refractivity contribution is 5.91. The number of hydrogen-bond donors (Lipinski definition) is 1. The highest BCUT2D eigenvalue weighted by Crippen LogP contribution is 2.28. The molecule has 1 aromatic heterocycles. The average Bonchev–Trinajstić information content (AvgIpc) is 2.70. The summed E-state index contributed by atoms with van der Waals surface area (Å²) in [6.07, 6.45) is 0. The molecule has 0 atom stereocenters. The van der Waals surface area contributed by atoms with Crippen LogP contribution in [-0.2, 0) is 18.4 Å². The minimum atomic E-state index is -0.351. The summed E-state index contributed by atoms with van der Waals surface area (Å²) >= 11 is 0. The van der Waals surface area contributed by atoms with E-state index in [1.165, 1.54) is 0 Å². The van der Waals surface area contributed by atoms with Gasteiger partial charge in [0.1, 0.15) is 17.2 Å². The molecule has 1 amide bonds. The third-order valence-corrected chi connectivity index (χ3v) is 3.99. The number of amides is 1. The van der Waals surface area contributed by atoms with Gasteiger partial charge in [0.2, 0.25) is 5.91 Å². The van der Waals surface area contributed by atoms with Crippen molar-refractivity contribution in [3.05, 3.63) is 41.6 Å². The maximum atomic E-state index is 12.4. The molecule has 0 unspecified atom stereocenters. The summed E-state index contributed by atoms with van der Waals surface area (Å²) in [5.74, 6) is 1.56. The summed E-state index contributed by atoms with van der Waals surface area (Å²) in [7, 11) is 1.82. The number of anilines is 1. The van der Waals surface area contributed by atoms with E-state index in [4.69, 9.17) is 4.74 Å². The molecule has 2 heterocycles. The third kappa shape index (κ3) is 3.76. The van der Waals surface area contributed by atoms with Crippen LogP contribution in [-0.4, -0.2) is 39.3 Å². The van der Waals surface area contributed by atoms with E-state index >= 15 is 0 Å². The molecule has 0 radical (unpaired) electrons. The van der Waals surface area contributed by atoms with Gasteiger partial charge in [-0.05, 0) is 26.8 Å². The van der Waals surface area contributed by atoms with Crippen molar-refractivity contribution in [2.24, 2.45) is 7.05 Å². The van der Waals surface area contributed by atoms with Gasteiger partial charge in [0.25, 0.3) is 0 Å². The number of nitrogens with zero attached hydrogens (tertiary/aromatic N) is 3. The Hall–Kier alpha value is -2.34. The normalized spacial score (nSPS) is 16.8. The number of carbonyl (C=O) groups excluding carboxylic acids is 1. The Morgan fingerprint density at radius 1 is 1.38 bits per heavy atom. The highest BCUT2D eigenvalue weighted by Gasteiger charge is 2.29. The van der Waals surface area contributed by atoms with Gasteiger partial charge in [0.05, 0.1) is 12.2 Å². The molecule has 0 saturated heterocycles. The van der Waals surface area contributed by atoms with Gasteiger partial charge in [-0.1, -0.05) is 18.2 Å². The van der Waals surface area contributed by atoms with Crippen molar-refractivity contribution in [2.45, 2.75) is 32.9 Å². The van der Waals surface area contributed by atoms with Crippen LogP contribution >= 0.6 is 0 Å². The maximum absolute atomic E-state index is 12.4. The van der Waals surface area contributed by atoms with Crippen LogP contribution in [0.4, 0.5) is 5.82 Å². The standard InChI is InChI=1S/C18H24N4O2/c1-13-9-16(21(4)20-13)19-17(23)11-22-10-14-7-5-6-8-15(14)24-18(2,3)12-22/h5-9H,10-12H2,1-4H3,(H,19,23). The van der Waals surface area contributed by atoms with Crippen LogP contribution in [0.15, 0.2) is 30.3 Å². The largest absolute Gasteiger partial charge is 0.486 e. The molecule has 1 aliphatic heterocycles. The van der Waals surface area contributed by atoms with Crippen LogP contribution in [0, 0.1) is 6.92 Å². The third-order valence-electron chi connectivity index (χ3n) is 3.99. The van der Waals surface area contributed by atoms with E-state index in [2.05, 4.69) is 15.3 Å². The smallest absolute Gasteiger partial charge is 0.239 e. The van der Waals surface area contributed by atoms with Crippen molar-refractivity contribution in [2.75, 3.05) is 18.4 Å². The number of aryl methyl sites for hydroxylation is 2. The van der Waals surface area contributed by atoms with E-state index < -0.39 is 0 Å². The number of fused-ring (bicyclic) bond motifs is 1. The van der Waals surface area contributed by atoms with Crippen molar-refractivity contribution in [1.82, 2.24) is 14.7 Å². The number of nitrogens with one attached hydrogen (secondary N) is 1. The summed E-state index contributed by atoms with van der Waals surface area (Å²) in [6, 6.07) is 9.87. The predicted octanol–water partition coefficient (Wildman–Crippen LogP) is 2.34. The zero-order valence-corrected chi connectivity index (χ0v) is 14.7. The van der Waals surface area contributed by atoms with Crippen LogP contribution < -0.4 is 10.1 Å². The summed E-state index contributed by atoms with van der Waals surface area (Å²) in [4.78, 5) is 14.6. The Labute approximate surface area is 142 Å². The first-order valence-electron chi connectivity index (χ1n) is 8.12. The summed E-state index contributed by atoms with van der Waals surface area (Å²) in [5.41, 5.74) is 1.63. The van der Waals surface area contributed by atoms with Gasteiger partial charge in [-0.2, -0.15) is 5.10 Å². The molecular weight excluding hydrogens is 304 g/mol. The molecule has 0 saturated carbocycles. The molecule has 1 aliphatic rings. The number of para-hydroxylation sites is 1. The fourth-order valence-electron chi connectivity index (χ4n) is 3.12. The lowest BCUT2D eigenvalue weighted by Crippen LogP contribution is -2.43. The number of aromatic nitrogens is 2. The number of carbonyl (C=O) groups is 1. The lowest BCUT2D eigenvalue weighted by Gasteiger charge is -2.29. The Kier molecular flexibility index (Phi) is 4.32. The minimum Gasteiger partial charge on any atom is -0.486 e. The SMILES string of the molecule is Cc1cc(NC(=O)CN2Cc3ccccc3OC(C)(C)C2)n(C)n1. The van der Waals surface area contributed by atoms with Crippen molar-refractivity contribution >= 4 is 11.7 Å². The van der Waals surface area contributed by atoms with Gasteiger partial charge >= 0.3 is 0 Å². The van der Waals surface area contributed by atoms with Crippen molar-refractivity contribution in [1.29, 1.82) is 0 Å². The van der Waals surface area contributed by atoms with Crippen molar-refractivity contribution < 1.29 is 9.53 Å². The van der Waals surface area contributed by atoms with E-state index in [0.29, 0.717) is 25.5 Å². The number of benzene rings is 1. The van der Waals surface area contributed by atoms with Gasteiger partial charge in [-0.3, -0.25) is 14.4 Å². The van der Waals surface area contributed by atoms with E-state index in [1.807, 2.05) is 58.2 Å². The first kappa shape index (κ1) is 16.5. The molecule has 2 aromatic rings. The van der Waals surface area contributed by atoms with Crippen LogP contribution in [0.3, 0.4) is 0 Å². The highest BCUT2D eigenvalue weighted by atomic mass is 16.5. The molecule has 0 aliphatic carbocycles. The molecule has 0 bridgehead atoms. The molecule has 128 valence electrons. The monoisotopic (exact) mass is 328 g/mol. The van der Waals surface area contributed by atoms with Gasteiger partial charge in [-0.25, -0.2) is 0 Å². The van der Waals surface area contributed by atoms with Crippen LogP contribution in [0.2, 0.25) is 0 Å². The molecule has 1 aromatic carbocycles. The first-order valence-corrected chi connectivity index (χ1v) is 8.12. The van der Waals surface area contributed by atoms with Gasteiger partial charge in [-0.15, -0.1) is 0 Å². The second kappa shape index (κ2) is 6.28. The molecule has 6 heteroatoms. The molecule has 0 spiro atoms. The second-order valence-electron chi connectivity index (χ2n) is 6.96. The zero-order chi connectivity index (χ0) is 17.3. The Morgan fingerprint density at radius 2 is 2.12 bits per heavy atom. The topological polar surface area (TPSA) is 59.4 Å². The fourth-order valence-corrected chi connectivity index (χ4v) is 3.12. The van der Waals surface area contributed by atoms with E-state index in [9.17, 15) is 4.79 Å².